The molecule has 0 aliphatic heterocycles. The minimum absolute atomic E-state index is 0.373. The number of benzene rings is 1. The normalized spacial score (nSPS) is 11.3. The highest BCUT2D eigenvalue weighted by Gasteiger charge is 2.13. The van der Waals surface area contributed by atoms with Gasteiger partial charge in [0.25, 0.3) is 0 Å². The molecule has 0 bridgehead atoms. The first-order valence-electron chi connectivity index (χ1n) is 6.14. The first kappa shape index (κ1) is 13.1. The molecule has 0 aliphatic rings. The van der Waals surface area contributed by atoms with E-state index in [0.29, 0.717) is 18.5 Å². The van der Waals surface area contributed by atoms with Gasteiger partial charge in [0.05, 0.1) is 5.52 Å². The highest BCUT2D eigenvalue weighted by Crippen LogP contribution is 2.28. The van der Waals surface area contributed by atoms with Gasteiger partial charge in [-0.3, -0.25) is 4.57 Å². The maximum Gasteiger partial charge on any atom is 0.419 e. The number of H-pyrrole nitrogens is 1. The number of fused-ring (bicyclic) bond motifs is 1. The number of nitrogens with zero attached hydrogens (tertiary/aromatic N) is 2. The molecular weight excluding hydrogens is 324 g/mol. The summed E-state index contributed by atoms with van der Waals surface area (Å²) in [6, 6.07) is 5.53. The van der Waals surface area contributed by atoms with Crippen LogP contribution in [0.5, 0.6) is 0 Å². The van der Waals surface area contributed by atoms with Gasteiger partial charge in [0.1, 0.15) is 16.1 Å². The van der Waals surface area contributed by atoms with Crippen molar-refractivity contribution in [1.29, 1.82) is 0 Å². The van der Waals surface area contributed by atoms with Gasteiger partial charge in [-0.25, -0.2) is 9.78 Å². The second-order valence-corrected chi connectivity index (χ2v) is 5.29. The number of nitrogens with one attached hydrogen (secondary N) is 1. The number of aromatic amines is 1. The number of oxazole rings is 1. The Morgan fingerprint density at radius 1 is 1.50 bits per heavy atom. The molecule has 3 aromatic rings. The van der Waals surface area contributed by atoms with Crippen molar-refractivity contribution >= 4 is 27.0 Å². The summed E-state index contributed by atoms with van der Waals surface area (Å²) >= 11 is 3.46. The second kappa shape index (κ2) is 4.92. The zero-order valence-corrected chi connectivity index (χ0v) is 12.4. The summed E-state index contributed by atoms with van der Waals surface area (Å²) in [4.78, 5) is 19.2. The Morgan fingerprint density at radius 2 is 2.30 bits per heavy atom. The molecule has 0 spiro atoms. The van der Waals surface area contributed by atoms with Gasteiger partial charge in [-0.05, 0) is 40.7 Å². The third kappa shape index (κ3) is 2.08. The SMILES string of the molecule is Cn1c(=O)oc2ccc(-c3nc(CCN)[nH]c3Br)cc21. The Morgan fingerprint density at radius 3 is 3.05 bits per heavy atom. The smallest absolute Gasteiger partial charge is 0.408 e. The molecule has 6 nitrogen and oxygen atoms in total. The number of hydrogen-bond donors (Lipinski definition) is 2. The van der Waals surface area contributed by atoms with Gasteiger partial charge in [-0.2, -0.15) is 0 Å². The van der Waals surface area contributed by atoms with E-state index in [1.807, 2.05) is 12.1 Å². The zero-order chi connectivity index (χ0) is 14.3. The molecule has 0 saturated carbocycles. The van der Waals surface area contributed by atoms with E-state index in [-0.39, 0.29) is 5.76 Å². The summed E-state index contributed by atoms with van der Waals surface area (Å²) in [5.74, 6) is 0.456. The van der Waals surface area contributed by atoms with E-state index in [9.17, 15) is 4.79 Å². The number of rotatable bonds is 3. The third-order valence-electron chi connectivity index (χ3n) is 3.15. The molecule has 0 fully saturated rings. The Labute approximate surface area is 122 Å². The molecule has 2 aromatic heterocycles. The van der Waals surface area contributed by atoms with E-state index in [4.69, 9.17) is 10.2 Å². The van der Waals surface area contributed by atoms with Crippen LogP contribution in [-0.4, -0.2) is 21.1 Å². The lowest BCUT2D eigenvalue weighted by atomic mass is 10.1. The maximum atomic E-state index is 11.5. The largest absolute Gasteiger partial charge is 0.419 e. The Hall–Kier alpha value is -1.86. The monoisotopic (exact) mass is 336 g/mol. The lowest BCUT2D eigenvalue weighted by Gasteiger charge is -1.98. The molecule has 3 rings (SSSR count). The molecule has 0 radical (unpaired) electrons. The topological polar surface area (TPSA) is 89.8 Å². The van der Waals surface area contributed by atoms with E-state index in [1.54, 1.807) is 13.1 Å². The molecule has 0 saturated heterocycles. The van der Waals surface area contributed by atoms with E-state index in [0.717, 1.165) is 27.2 Å². The van der Waals surface area contributed by atoms with Crippen molar-refractivity contribution in [1.82, 2.24) is 14.5 Å². The lowest BCUT2D eigenvalue weighted by Crippen LogP contribution is -2.08. The standard InChI is InChI=1S/C13H13BrN4O2/c1-18-8-6-7(2-3-9(8)20-13(18)19)11-12(14)17-10(16-11)4-5-15/h2-3,6H,4-5,15H2,1H3,(H,16,17). The average Bonchev–Trinajstić information content (AvgIpc) is 2.92. The van der Waals surface area contributed by atoms with Gasteiger partial charge in [-0.15, -0.1) is 0 Å². The van der Waals surface area contributed by atoms with Gasteiger partial charge in [0.15, 0.2) is 5.58 Å². The minimum Gasteiger partial charge on any atom is -0.408 e. The molecule has 0 unspecified atom stereocenters. The summed E-state index contributed by atoms with van der Waals surface area (Å²) in [7, 11) is 1.68. The quantitative estimate of drug-likeness (QED) is 0.762. The summed E-state index contributed by atoms with van der Waals surface area (Å²) in [5.41, 5.74) is 8.53. The average molecular weight is 337 g/mol. The fourth-order valence-electron chi connectivity index (χ4n) is 2.12. The van der Waals surface area contributed by atoms with Crippen LogP contribution in [0.4, 0.5) is 0 Å². The number of imidazole rings is 1. The van der Waals surface area contributed by atoms with E-state index in [2.05, 4.69) is 25.9 Å². The molecule has 20 heavy (non-hydrogen) atoms. The van der Waals surface area contributed by atoms with Gasteiger partial charge < -0.3 is 15.1 Å². The predicted molar refractivity (Wildman–Crippen MR) is 79.5 cm³/mol. The van der Waals surface area contributed by atoms with Crippen LogP contribution in [0.2, 0.25) is 0 Å². The summed E-state index contributed by atoms with van der Waals surface area (Å²) < 4.78 is 7.39. The van der Waals surface area contributed by atoms with Crippen molar-refractivity contribution in [3.05, 3.63) is 39.2 Å². The van der Waals surface area contributed by atoms with Crippen molar-refractivity contribution < 1.29 is 4.42 Å². The van der Waals surface area contributed by atoms with Crippen LogP contribution >= 0.6 is 15.9 Å². The molecule has 0 aliphatic carbocycles. The number of hydrogen-bond acceptors (Lipinski definition) is 4. The van der Waals surface area contributed by atoms with Crippen LogP contribution in [-0.2, 0) is 13.5 Å². The summed E-state index contributed by atoms with van der Waals surface area (Å²) in [5, 5.41) is 0. The first-order valence-corrected chi connectivity index (χ1v) is 6.94. The Balaban J connectivity index is 2.14. The van der Waals surface area contributed by atoms with Crippen molar-refractivity contribution in [2.24, 2.45) is 12.8 Å². The summed E-state index contributed by atoms with van der Waals surface area (Å²) in [6.07, 6.45) is 0.686. The predicted octanol–water partition coefficient (Wildman–Crippen LogP) is 1.79. The highest BCUT2D eigenvalue weighted by molar-refractivity contribution is 9.10. The molecule has 104 valence electrons. The Kier molecular flexibility index (Phi) is 3.23. The van der Waals surface area contributed by atoms with E-state index in [1.165, 1.54) is 4.57 Å². The molecule has 3 N–H and O–H groups in total. The number of aromatic nitrogens is 3. The van der Waals surface area contributed by atoms with Gasteiger partial charge >= 0.3 is 5.76 Å². The van der Waals surface area contributed by atoms with Crippen LogP contribution < -0.4 is 11.5 Å². The number of nitrogens with two attached hydrogens (primary N) is 1. The molecule has 7 heteroatoms. The number of halogens is 1. The van der Waals surface area contributed by atoms with Gasteiger partial charge in [0.2, 0.25) is 0 Å². The van der Waals surface area contributed by atoms with Gasteiger partial charge in [-0.1, -0.05) is 0 Å². The van der Waals surface area contributed by atoms with Crippen LogP contribution in [0.15, 0.2) is 32.0 Å². The molecular formula is C13H13BrN4O2. The zero-order valence-electron chi connectivity index (χ0n) is 10.8. The van der Waals surface area contributed by atoms with Crippen molar-refractivity contribution in [3.8, 4) is 11.3 Å². The molecule has 0 atom stereocenters. The van der Waals surface area contributed by atoms with E-state index < -0.39 is 0 Å². The fourth-order valence-corrected chi connectivity index (χ4v) is 2.66. The van der Waals surface area contributed by atoms with Crippen LogP contribution in [0, 0.1) is 0 Å². The van der Waals surface area contributed by atoms with Crippen LogP contribution in [0.3, 0.4) is 0 Å². The first-order chi connectivity index (χ1) is 9.60. The van der Waals surface area contributed by atoms with Gasteiger partial charge in [0, 0.05) is 19.0 Å². The molecule has 0 amide bonds. The fraction of sp³-hybridized carbons (Fsp3) is 0.231. The highest BCUT2D eigenvalue weighted by atomic mass is 79.9. The third-order valence-corrected chi connectivity index (χ3v) is 3.73. The van der Waals surface area contributed by atoms with Crippen molar-refractivity contribution in [3.63, 3.8) is 0 Å². The van der Waals surface area contributed by atoms with Crippen LogP contribution in [0.1, 0.15) is 5.82 Å². The second-order valence-electron chi connectivity index (χ2n) is 4.49. The maximum absolute atomic E-state index is 11.5. The lowest BCUT2D eigenvalue weighted by molar-refractivity contribution is 0.528. The van der Waals surface area contributed by atoms with E-state index >= 15 is 0 Å². The number of aryl methyl sites for hydroxylation is 1. The minimum atomic E-state index is -0.373. The molecule has 2 heterocycles. The molecule has 1 aromatic carbocycles. The van der Waals surface area contributed by atoms with Crippen molar-refractivity contribution in [2.45, 2.75) is 6.42 Å². The van der Waals surface area contributed by atoms with Crippen molar-refractivity contribution in [2.75, 3.05) is 6.54 Å². The summed E-state index contributed by atoms with van der Waals surface area (Å²) in [6.45, 7) is 0.536. The Bertz CT molecular complexity index is 831. The van der Waals surface area contributed by atoms with Crippen LogP contribution in [0.25, 0.3) is 22.4 Å².